The molecule has 1 rings (SSSR count). The van der Waals surface area contributed by atoms with E-state index in [1.807, 2.05) is 0 Å². The molecule has 0 spiro atoms. The Kier molecular flexibility index (Phi) is 1.91. The van der Waals surface area contributed by atoms with Gasteiger partial charge in [-0.1, -0.05) is 0 Å². The molecule has 1 atom stereocenters. The van der Waals surface area contributed by atoms with Crippen LogP contribution in [0.1, 0.15) is 9.67 Å². The molecule has 0 aliphatic heterocycles. The molecule has 0 aliphatic rings. The fourth-order valence-corrected chi connectivity index (χ4v) is 1.77. The van der Waals surface area contributed by atoms with Crippen LogP contribution >= 0.6 is 10.5 Å². The van der Waals surface area contributed by atoms with Gasteiger partial charge in [-0.2, -0.15) is 4.79 Å². The first-order valence-electron chi connectivity index (χ1n) is 2.70. The molecule has 4 nitrogen and oxygen atoms in total. The maximum atomic E-state index is 10.4. The van der Waals surface area contributed by atoms with Crippen LogP contribution in [0.2, 0.25) is 0 Å². The minimum absolute atomic E-state index is 0.0579. The van der Waals surface area contributed by atoms with Crippen LogP contribution in [0.25, 0.3) is 0 Å². The highest BCUT2D eigenvalue weighted by atomic mass is 32.2. The predicted octanol–water partition coefficient (Wildman–Crippen LogP) is 1.66. The average Bonchev–Trinajstić information content (AvgIpc) is 2.32. The lowest BCUT2D eigenvalue weighted by molar-refractivity contribution is 0.0701. The number of carboxylic acid groups (broad SMARTS) is 2. The molecule has 0 saturated carbocycles. The average molecular weight is 173 g/mol. The molecule has 5 heteroatoms. The molecule has 0 saturated heterocycles. The summed E-state index contributed by atoms with van der Waals surface area (Å²) in [6, 6.07) is 2.75. The maximum Gasteiger partial charge on any atom is 0.552 e. The minimum atomic E-state index is -1.25. The molecule has 58 valence electrons. The number of hydrogen-bond donors (Lipinski definition) is 2. The third-order valence-corrected chi connectivity index (χ3v) is 2.69. The van der Waals surface area contributed by atoms with Crippen LogP contribution < -0.4 is 0 Å². The second kappa shape index (κ2) is 2.71. The molecule has 1 aromatic rings. The van der Waals surface area contributed by atoms with Crippen LogP contribution in [-0.2, 0) is 0 Å². The molecule has 1 unspecified atom stereocenters. The molecule has 2 N–H and O–H groups in total. The molecule has 1 aromatic heterocycles. The van der Waals surface area contributed by atoms with Gasteiger partial charge in [-0.3, -0.25) is 0 Å². The topological polar surface area (TPSA) is 74.6 Å². The Balaban J connectivity index is 3.16. The van der Waals surface area contributed by atoms with Crippen molar-refractivity contribution in [1.29, 1.82) is 0 Å². The number of rotatable bonds is 2. The molecular formula is C6H5O4S+. The molecule has 0 amide bonds. The first-order chi connectivity index (χ1) is 5.13. The first-order valence-corrected chi connectivity index (χ1v) is 3.99. The van der Waals surface area contributed by atoms with Crippen LogP contribution in [0.3, 0.4) is 0 Å². The van der Waals surface area contributed by atoms with Gasteiger partial charge in [0.05, 0.1) is 0 Å². The van der Waals surface area contributed by atoms with Crippen molar-refractivity contribution in [2.24, 2.45) is 0 Å². The van der Waals surface area contributed by atoms with Crippen molar-refractivity contribution in [1.82, 2.24) is 0 Å². The molecule has 0 aliphatic carbocycles. The number of carbonyl (C=O) groups is 2. The van der Waals surface area contributed by atoms with Crippen molar-refractivity contribution >= 4 is 21.7 Å². The van der Waals surface area contributed by atoms with E-state index in [-0.39, 0.29) is 4.88 Å². The van der Waals surface area contributed by atoms with Gasteiger partial charge in [0.25, 0.3) is 4.88 Å². The molecule has 1 heterocycles. The molecule has 11 heavy (non-hydrogen) atoms. The van der Waals surface area contributed by atoms with Crippen molar-refractivity contribution in [2.75, 3.05) is 0 Å². The fourth-order valence-electron chi connectivity index (χ4n) is 0.669. The van der Waals surface area contributed by atoms with Crippen molar-refractivity contribution in [3.63, 3.8) is 0 Å². The van der Waals surface area contributed by atoms with Crippen LogP contribution in [0.4, 0.5) is 4.79 Å². The summed E-state index contributed by atoms with van der Waals surface area (Å²) in [6.07, 6.45) is 0. The Morgan fingerprint density at radius 1 is 1.36 bits per heavy atom. The Morgan fingerprint density at radius 2 is 2.00 bits per heavy atom. The lowest BCUT2D eigenvalue weighted by Gasteiger charge is -1.80. The van der Waals surface area contributed by atoms with Crippen LogP contribution in [-0.4, -0.2) is 21.5 Å². The summed E-state index contributed by atoms with van der Waals surface area (Å²) in [5, 5.41) is 17.2. The smallest absolute Gasteiger partial charge is 0.474 e. The van der Waals surface area contributed by atoms with Crippen LogP contribution in [0.5, 0.6) is 0 Å². The Morgan fingerprint density at radius 3 is 2.36 bits per heavy atom. The van der Waals surface area contributed by atoms with Gasteiger partial charge in [-0.05, 0) is 6.07 Å². The van der Waals surface area contributed by atoms with Crippen LogP contribution in [0, 0.1) is 0 Å². The van der Waals surface area contributed by atoms with Gasteiger partial charge < -0.3 is 10.2 Å². The summed E-state index contributed by atoms with van der Waals surface area (Å²) in [6.45, 7) is 0. The molecular weight excluding hydrogens is 168 g/mol. The van der Waals surface area contributed by atoms with E-state index in [1.54, 1.807) is 0 Å². The Hall–Kier alpha value is -1.36. The van der Waals surface area contributed by atoms with Gasteiger partial charge in [0, 0.05) is 6.07 Å². The first kappa shape index (κ1) is 7.74. The zero-order valence-corrected chi connectivity index (χ0v) is 6.17. The van der Waals surface area contributed by atoms with Crippen molar-refractivity contribution < 1.29 is 19.8 Å². The van der Waals surface area contributed by atoms with E-state index in [0.29, 0.717) is 0 Å². The van der Waals surface area contributed by atoms with Crippen molar-refractivity contribution in [3.05, 3.63) is 22.4 Å². The molecule has 0 aromatic carbocycles. The largest absolute Gasteiger partial charge is 0.552 e. The SMILES string of the molecule is O=C(O)c1ccc[s+]1C(=O)O. The summed E-state index contributed by atoms with van der Waals surface area (Å²) in [5.41, 5.74) is 0. The summed E-state index contributed by atoms with van der Waals surface area (Å²) in [7, 11) is -1.25. The van der Waals surface area contributed by atoms with Gasteiger partial charge in [-0.15, -0.1) is 0 Å². The van der Waals surface area contributed by atoms with Crippen molar-refractivity contribution in [2.45, 2.75) is 0 Å². The summed E-state index contributed by atoms with van der Waals surface area (Å²) in [4.78, 5) is 20.7. The Labute approximate surface area is 64.7 Å². The highest BCUT2D eigenvalue weighted by molar-refractivity contribution is 7.50. The van der Waals surface area contributed by atoms with E-state index in [2.05, 4.69) is 0 Å². The molecule has 0 bridgehead atoms. The zero-order chi connectivity index (χ0) is 8.43. The maximum absolute atomic E-state index is 10.4. The standard InChI is InChI=1S/C6H4O4S/c7-5(8)4-2-1-3-11(4)6(9)10/h1-3H,(H-,7,8,9,10)/p+1. The van der Waals surface area contributed by atoms with E-state index in [0.717, 1.165) is 0 Å². The quantitative estimate of drug-likeness (QED) is 0.667. The number of thiophene rings is 1. The highest BCUT2D eigenvalue weighted by Crippen LogP contribution is 2.24. The predicted molar refractivity (Wildman–Crippen MR) is 39.3 cm³/mol. The Bertz CT molecular complexity index is 273. The lowest BCUT2D eigenvalue weighted by atomic mass is 10.5. The van der Waals surface area contributed by atoms with Gasteiger partial charge in [0.15, 0.2) is 5.38 Å². The third kappa shape index (κ3) is 1.38. The normalized spacial score (nSPS) is 11.1. The van der Waals surface area contributed by atoms with E-state index < -0.39 is 21.7 Å². The zero-order valence-electron chi connectivity index (χ0n) is 5.35. The second-order valence-electron chi connectivity index (χ2n) is 1.77. The van der Waals surface area contributed by atoms with E-state index in [1.165, 1.54) is 17.5 Å². The van der Waals surface area contributed by atoms with Crippen LogP contribution in [0.15, 0.2) is 17.5 Å². The lowest BCUT2D eigenvalue weighted by Crippen LogP contribution is -1.96. The minimum Gasteiger partial charge on any atom is -0.474 e. The second-order valence-corrected chi connectivity index (χ2v) is 3.51. The van der Waals surface area contributed by atoms with E-state index in [4.69, 9.17) is 10.2 Å². The molecule has 0 fully saturated rings. The monoisotopic (exact) mass is 173 g/mol. The summed E-state index contributed by atoms with van der Waals surface area (Å²) >= 11 is 0. The van der Waals surface area contributed by atoms with Gasteiger partial charge in [0.1, 0.15) is 10.5 Å². The summed E-state index contributed by atoms with van der Waals surface area (Å²) in [5.74, 6) is -1.17. The number of hydrogen-bond acceptors (Lipinski definition) is 2. The van der Waals surface area contributed by atoms with E-state index >= 15 is 0 Å². The molecule has 0 radical (unpaired) electrons. The highest BCUT2D eigenvalue weighted by Gasteiger charge is 2.26. The van der Waals surface area contributed by atoms with Gasteiger partial charge >= 0.3 is 11.3 Å². The summed E-state index contributed by atoms with van der Waals surface area (Å²) < 4.78 is 0. The van der Waals surface area contributed by atoms with Crippen molar-refractivity contribution in [3.8, 4) is 0 Å². The third-order valence-electron chi connectivity index (χ3n) is 1.10. The van der Waals surface area contributed by atoms with Gasteiger partial charge in [-0.25, -0.2) is 4.79 Å². The van der Waals surface area contributed by atoms with Gasteiger partial charge in [0.2, 0.25) is 0 Å². The number of aromatic carboxylic acids is 1. The number of carboxylic acids is 1. The fraction of sp³-hybridized carbons (Fsp3) is 0. The van der Waals surface area contributed by atoms with E-state index in [9.17, 15) is 9.59 Å².